The molecule has 0 aliphatic heterocycles. The summed E-state index contributed by atoms with van der Waals surface area (Å²) in [5.41, 5.74) is 0. The van der Waals surface area contributed by atoms with Crippen molar-refractivity contribution in [3.05, 3.63) is 18.2 Å². The minimum atomic E-state index is -6.00. The lowest BCUT2D eigenvalue weighted by Gasteiger charge is -2.02. The Labute approximate surface area is 144 Å². The van der Waals surface area contributed by atoms with Crippen LogP contribution in [0, 0.1) is 6.92 Å². The largest absolute Gasteiger partial charge is 0.673 e. The highest BCUT2D eigenvalue weighted by Crippen LogP contribution is 2.10. The van der Waals surface area contributed by atoms with Crippen LogP contribution in [0.1, 0.15) is 77.0 Å². The van der Waals surface area contributed by atoms with Gasteiger partial charge in [0.2, 0.25) is 0 Å². The van der Waals surface area contributed by atoms with Crippen molar-refractivity contribution in [1.82, 2.24) is 4.57 Å². The Morgan fingerprint density at radius 3 is 1.67 bits per heavy atom. The number of hydrogen-bond donors (Lipinski definition) is 0. The number of unbranched alkanes of at least 4 members (excludes halogenated alkanes) is 9. The third-order valence-electron chi connectivity index (χ3n) is 4.15. The van der Waals surface area contributed by atoms with E-state index in [0.717, 1.165) is 0 Å². The maximum atomic E-state index is 9.75. The molecule has 1 heterocycles. The van der Waals surface area contributed by atoms with Gasteiger partial charge in [0.15, 0.2) is 0 Å². The predicted octanol–water partition coefficient (Wildman–Crippen LogP) is 5.84. The highest BCUT2D eigenvalue weighted by Gasteiger charge is 2.20. The first-order valence-electron chi connectivity index (χ1n) is 9.14. The predicted molar refractivity (Wildman–Crippen MR) is 92.4 cm³/mol. The van der Waals surface area contributed by atoms with Crippen molar-refractivity contribution < 1.29 is 21.8 Å². The van der Waals surface area contributed by atoms with Crippen molar-refractivity contribution in [2.24, 2.45) is 7.05 Å². The molecule has 0 aliphatic rings. The van der Waals surface area contributed by atoms with E-state index in [2.05, 4.69) is 42.4 Å². The fourth-order valence-corrected chi connectivity index (χ4v) is 2.60. The summed E-state index contributed by atoms with van der Waals surface area (Å²) in [6.45, 7) is 5.66. The molecule has 0 unspecified atom stereocenters. The molecule has 0 fully saturated rings. The molecule has 0 saturated heterocycles. The first-order valence-corrected chi connectivity index (χ1v) is 9.14. The van der Waals surface area contributed by atoms with Crippen LogP contribution in [0.3, 0.4) is 0 Å². The molecule has 7 heteroatoms. The molecule has 0 N–H and O–H groups in total. The van der Waals surface area contributed by atoms with Gasteiger partial charge in [0, 0.05) is 6.92 Å². The molecule has 24 heavy (non-hydrogen) atoms. The molecule has 0 bridgehead atoms. The van der Waals surface area contributed by atoms with E-state index in [-0.39, 0.29) is 0 Å². The monoisotopic (exact) mass is 352 g/mol. The molecule has 1 aromatic heterocycles. The van der Waals surface area contributed by atoms with E-state index in [1.165, 1.54) is 76.6 Å². The number of rotatable bonds is 11. The van der Waals surface area contributed by atoms with Crippen LogP contribution in [0.25, 0.3) is 0 Å². The number of imidazole rings is 1. The minimum Gasteiger partial charge on any atom is -0.418 e. The van der Waals surface area contributed by atoms with E-state index >= 15 is 0 Å². The number of nitrogens with zero attached hydrogens (tertiary/aromatic N) is 2. The molecule has 142 valence electrons. The SMILES string of the molecule is CCCCCCCCCCCC[n+]1ccn(C)c1C.F[B-](F)(F)F. The highest BCUT2D eigenvalue weighted by molar-refractivity contribution is 6.50. The Bertz CT molecular complexity index is 413. The number of halogens is 4. The first kappa shape index (κ1) is 23.0. The molecule has 0 aromatic carbocycles. The fourth-order valence-electron chi connectivity index (χ4n) is 2.60. The maximum absolute atomic E-state index is 9.75. The van der Waals surface area contributed by atoms with Gasteiger partial charge in [-0.15, -0.1) is 0 Å². The third kappa shape index (κ3) is 14.6. The summed E-state index contributed by atoms with van der Waals surface area (Å²) in [4.78, 5) is 0. The fraction of sp³-hybridized carbons (Fsp3) is 0.824. The van der Waals surface area contributed by atoms with E-state index in [1.54, 1.807) is 0 Å². The van der Waals surface area contributed by atoms with Gasteiger partial charge in [-0.25, -0.2) is 9.13 Å². The molecular formula is C17H33BF4N2. The van der Waals surface area contributed by atoms with Crippen LogP contribution in [0.4, 0.5) is 17.3 Å². The Balaban J connectivity index is 0.000000922. The first-order chi connectivity index (χ1) is 11.3. The Morgan fingerprint density at radius 2 is 1.29 bits per heavy atom. The van der Waals surface area contributed by atoms with Crippen molar-refractivity contribution in [3.8, 4) is 0 Å². The molecule has 1 aromatic rings. The van der Waals surface area contributed by atoms with E-state index in [0.29, 0.717) is 0 Å². The molecule has 0 aliphatic carbocycles. The van der Waals surface area contributed by atoms with E-state index in [9.17, 15) is 17.3 Å². The van der Waals surface area contributed by atoms with Gasteiger partial charge in [-0.3, -0.25) is 0 Å². The van der Waals surface area contributed by atoms with Crippen molar-refractivity contribution in [2.75, 3.05) is 0 Å². The molecule has 0 saturated carbocycles. The Hall–Kier alpha value is -1.01. The van der Waals surface area contributed by atoms with Gasteiger partial charge in [0.25, 0.3) is 5.82 Å². The van der Waals surface area contributed by atoms with Crippen LogP contribution in [0.15, 0.2) is 12.4 Å². The standard InChI is InChI=1S/C17H33N2.BF4/c1-4-5-6-7-8-9-10-11-12-13-14-19-16-15-18(3)17(19)2;2-1(3,4)5/h15-16H,4-14H2,1-3H3;/q+1;-1. The smallest absolute Gasteiger partial charge is 0.418 e. The number of aryl methyl sites for hydroxylation is 2. The number of aromatic nitrogens is 2. The van der Waals surface area contributed by atoms with Crippen LogP contribution >= 0.6 is 0 Å². The molecule has 2 nitrogen and oxygen atoms in total. The molecule has 0 spiro atoms. The molecule has 0 radical (unpaired) electrons. The second-order valence-electron chi connectivity index (χ2n) is 6.33. The topological polar surface area (TPSA) is 8.81 Å². The quantitative estimate of drug-likeness (QED) is 0.205. The van der Waals surface area contributed by atoms with Gasteiger partial charge in [-0.1, -0.05) is 58.3 Å². The lowest BCUT2D eigenvalue weighted by molar-refractivity contribution is -0.702. The molecule has 1 rings (SSSR count). The second kappa shape index (κ2) is 13.3. The normalized spacial score (nSPS) is 11.3. The van der Waals surface area contributed by atoms with Gasteiger partial charge >= 0.3 is 7.25 Å². The van der Waals surface area contributed by atoms with Crippen LogP contribution in [0.2, 0.25) is 0 Å². The minimum absolute atomic E-state index is 1.18. The summed E-state index contributed by atoms with van der Waals surface area (Å²) >= 11 is 0. The van der Waals surface area contributed by atoms with Crippen LogP contribution in [0.5, 0.6) is 0 Å². The summed E-state index contributed by atoms with van der Waals surface area (Å²) in [5.74, 6) is 1.36. The highest BCUT2D eigenvalue weighted by atomic mass is 19.5. The third-order valence-corrected chi connectivity index (χ3v) is 4.15. The van der Waals surface area contributed by atoms with Crippen molar-refractivity contribution in [3.63, 3.8) is 0 Å². The van der Waals surface area contributed by atoms with E-state index < -0.39 is 7.25 Å². The van der Waals surface area contributed by atoms with Crippen LogP contribution in [-0.2, 0) is 13.6 Å². The van der Waals surface area contributed by atoms with Crippen LogP contribution < -0.4 is 4.57 Å². The lowest BCUT2D eigenvalue weighted by atomic mass is 10.1. The second-order valence-corrected chi connectivity index (χ2v) is 6.33. The van der Waals surface area contributed by atoms with Gasteiger partial charge in [-0.2, -0.15) is 0 Å². The van der Waals surface area contributed by atoms with Crippen molar-refractivity contribution in [1.29, 1.82) is 0 Å². The van der Waals surface area contributed by atoms with Gasteiger partial charge in [-0.05, 0) is 12.8 Å². The zero-order valence-electron chi connectivity index (χ0n) is 15.4. The molecule has 0 atom stereocenters. The van der Waals surface area contributed by atoms with Crippen molar-refractivity contribution >= 4 is 7.25 Å². The summed E-state index contributed by atoms with van der Waals surface area (Å²) in [7, 11) is -3.88. The van der Waals surface area contributed by atoms with Gasteiger partial charge < -0.3 is 17.3 Å². The molecule has 0 amide bonds. The van der Waals surface area contributed by atoms with E-state index in [4.69, 9.17) is 0 Å². The average molecular weight is 352 g/mol. The van der Waals surface area contributed by atoms with Gasteiger partial charge in [0.1, 0.15) is 12.4 Å². The Kier molecular flexibility index (Phi) is 12.7. The Morgan fingerprint density at radius 1 is 0.875 bits per heavy atom. The summed E-state index contributed by atoms with van der Waals surface area (Å²) in [6, 6.07) is 0. The van der Waals surface area contributed by atoms with Gasteiger partial charge in [0.05, 0.1) is 13.6 Å². The summed E-state index contributed by atoms with van der Waals surface area (Å²) < 4.78 is 43.6. The van der Waals surface area contributed by atoms with Crippen LogP contribution in [-0.4, -0.2) is 11.8 Å². The number of hydrogen-bond acceptors (Lipinski definition) is 0. The summed E-state index contributed by atoms with van der Waals surface area (Å²) in [6.07, 6.45) is 18.5. The maximum Gasteiger partial charge on any atom is 0.673 e. The zero-order valence-corrected chi connectivity index (χ0v) is 15.4. The van der Waals surface area contributed by atoms with Crippen molar-refractivity contribution in [2.45, 2.75) is 84.6 Å². The molecular weight excluding hydrogens is 319 g/mol. The average Bonchev–Trinajstić information content (AvgIpc) is 2.79. The summed E-state index contributed by atoms with van der Waals surface area (Å²) in [5, 5.41) is 0. The zero-order chi connectivity index (χ0) is 18.4. The lowest BCUT2D eigenvalue weighted by Crippen LogP contribution is -2.35. The van der Waals surface area contributed by atoms with E-state index in [1.807, 2.05) is 0 Å².